The van der Waals surface area contributed by atoms with E-state index >= 15 is 0 Å². The Morgan fingerprint density at radius 2 is 2.50 bits per heavy atom. The summed E-state index contributed by atoms with van der Waals surface area (Å²) >= 11 is 5.86. The van der Waals surface area contributed by atoms with Gasteiger partial charge in [0.05, 0.1) is 5.69 Å². The van der Waals surface area contributed by atoms with E-state index in [-0.39, 0.29) is 0 Å². The monoisotopic (exact) mass is 182 g/mol. The summed E-state index contributed by atoms with van der Waals surface area (Å²) in [6, 6.07) is 4.16. The lowest BCUT2D eigenvalue weighted by Gasteiger charge is -2.08. The topological polar surface area (TPSA) is 24.9 Å². The van der Waals surface area contributed by atoms with E-state index in [1.807, 2.05) is 6.07 Å². The predicted octanol–water partition coefficient (Wildman–Crippen LogP) is 2.16. The average Bonchev–Trinajstić information content (AvgIpc) is 2.56. The molecule has 1 N–H and O–H groups in total. The Morgan fingerprint density at radius 3 is 3.17 bits per heavy atom. The van der Waals surface area contributed by atoms with E-state index < -0.39 is 0 Å². The van der Waals surface area contributed by atoms with Crippen LogP contribution in [-0.4, -0.2) is 11.5 Å². The van der Waals surface area contributed by atoms with Crippen LogP contribution in [0.4, 0.5) is 0 Å². The molecule has 1 aromatic rings. The highest BCUT2D eigenvalue weighted by atomic mass is 35.5. The summed E-state index contributed by atoms with van der Waals surface area (Å²) in [6.45, 7) is 1.10. The number of pyridine rings is 1. The number of hydrogen-bond donors (Lipinski definition) is 1. The van der Waals surface area contributed by atoms with Gasteiger partial charge < -0.3 is 5.32 Å². The van der Waals surface area contributed by atoms with Crippen molar-refractivity contribution >= 4 is 11.6 Å². The van der Waals surface area contributed by atoms with E-state index in [1.54, 1.807) is 12.3 Å². The largest absolute Gasteiger partial charge is 0.309 e. The van der Waals surface area contributed by atoms with Crippen molar-refractivity contribution in [2.24, 2.45) is 0 Å². The third kappa shape index (κ3) is 1.59. The van der Waals surface area contributed by atoms with Gasteiger partial charge in [0, 0.05) is 17.3 Å². The fourth-order valence-corrected chi connectivity index (χ4v) is 1.72. The van der Waals surface area contributed by atoms with Crippen LogP contribution in [0, 0.1) is 0 Å². The first-order valence-electron chi connectivity index (χ1n) is 4.21. The van der Waals surface area contributed by atoms with Gasteiger partial charge in [-0.05, 0) is 31.5 Å². The number of rotatable bonds is 1. The Balaban J connectivity index is 2.21. The summed E-state index contributed by atoms with van der Waals surface area (Å²) in [7, 11) is 0. The Morgan fingerprint density at radius 1 is 1.58 bits per heavy atom. The van der Waals surface area contributed by atoms with Crippen LogP contribution in [0.5, 0.6) is 0 Å². The molecule has 2 rings (SSSR count). The zero-order chi connectivity index (χ0) is 8.39. The van der Waals surface area contributed by atoms with E-state index in [0.29, 0.717) is 6.04 Å². The van der Waals surface area contributed by atoms with Gasteiger partial charge in [0.2, 0.25) is 0 Å². The SMILES string of the molecule is Clc1ccnc([C@@H]2CCCN2)c1. The smallest absolute Gasteiger partial charge is 0.0587 e. The summed E-state index contributed by atoms with van der Waals surface area (Å²) < 4.78 is 0. The Hall–Kier alpha value is -0.600. The molecule has 1 aliphatic rings. The highest BCUT2D eigenvalue weighted by molar-refractivity contribution is 6.30. The molecule has 1 aromatic heterocycles. The molecule has 1 saturated heterocycles. The molecule has 0 unspecified atom stereocenters. The van der Waals surface area contributed by atoms with E-state index in [1.165, 1.54) is 12.8 Å². The first-order valence-corrected chi connectivity index (χ1v) is 4.59. The number of nitrogens with one attached hydrogen (secondary N) is 1. The van der Waals surface area contributed by atoms with Gasteiger partial charge in [-0.15, -0.1) is 0 Å². The molecule has 2 heterocycles. The van der Waals surface area contributed by atoms with Gasteiger partial charge >= 0.3 is 0 Å². The molecular weight excluding hydrogens is 172 g/mol. The van der Waals surface area contributed by atoms with E-state index in [0.717, 1.165) is 17.3 Å². The van der Waals surface area contributed by atoms with Crippen LogP contribution in [0.25, 0.3) is 0 Å². The third-order valence-electron chi connectivity index (χ3n) is 2.16. The van der Waals surface area contributed by atoms with Gasteiger partial charge in [-0.2, -0.15) is 0 Å². The Bertz CT molecular complexity index is 269. The molecule has 0 aliphatic carbocycles. The van der Waals surface area contributed by atoms with Crippen LogP contribution in [0.3, 0.4) is 0 Å². The van der Waals surface area contributed by atoms with Crippen LogP contribution < -0.4 is 5.32 Å². The van der Waals surface area contributed by atoms with Gasteiger partial charge in [-0.1, -0.05) is 11.6 Å². The molecule has 64 valence electrons. The Kier molecular flexibility index (Phi) is 2.28. The maximum Gasteiger partial charge on any atom is 0.0587 e. The normalized spacial score (nSPS) is 22.9. The molecule has 12 heavy (non-hydrogen) atoms. The highest BCUT2D eigenvalue weighted by Gasteiger charge is 2.16. The van der Waals surface area contributed by atoms with Crippen LogP contribution >= 0.6 is 11.6 Å². The first kappa shape index (κ1) is 8.02. The van der Waals surface area contributed by atoms with Crippen molar-refractivity contribution in [3.63, 3.8) is 0 Å². The molecule has 1 fully saturated rings. The zero-order valence-electron chi connectivity index (χ0n) is 6.76. The number of nitrogens with zero attached hydrogens (tertiary/aromatic N) is 1. The second kappa shape index (κ2) is 3.42. The van der Waals surface area contributed by atoms with Gasteiger partial charge in [-0.25, -0.2) is 0 Å². The molecule has 0 saturated carbocycles. The summed E-state index contributed by atoms with van der Waals surface area (Å²) in [6.07, 6.45) is 4.17. The van der Waals surface area contributed by atoms with Crippen molar-refractivity contribution < 1.29 is 0 Å². The maximum absolute atomic E-state index is 5.86. The minimum atomic E-state index is 0.420. The first-order chi connectivity index (χ1) is 5.86. The minimum Gasteiger partial charge on any atom is -0.309 e. The number of halogens is 1. The molecule has 0 bridgehead atoms. The van der Waals surface area contributed by atoms with Gasteiger partial charge in [0.15, 0.2) is 0 Å². The second-order valence-corrected chi connectivity index (χ2v) is 3.48. The fourth-order valence-electron chi connectivity index (χ4n) is 1.55. The molecular formula is C9H11ClN2. The lowest BCUT2D eigenvalue weighted by Crippen LogP contribution is -2.13. The van der Waals surface area contributed by atoms with Crippen molar-refractivity contribution in [2.45, 2.75) is 18.9 Å². The van der Waals surface area contributed by atoms with E-state index in [2.05, 4.69) is 10.3 Å². The maximum atomic E-state index is 5.86. The van der Waals surface area contributed by atoms with Crippen LogP contribution in [0.2, 0.25) is 5.02 Å². The highest BCUT2D eigenvalue weighted by Crippen LogP contribution is 2.22. The van der Waals surface area contributed by atoms with E-state index in [9.17, 15) is 0 Å². The molecule has 2 nitrogen and oxygen atoms in total. The standard InChI is InChI=1S/C9H11ClN2/c10-7-3-5-12-9(6-7)8-2-1-4-11-8/h3,5-6,8,11H,1-2,4H2/t8-/m0/s1. The van der Waals surface area contributed by atoms with Gasteiger partial charge in [0.25, 0.3) is 0 Å². The summed E-state index contributed by atoms with van der Waals surface area (Å²) in [5.41, 5.74) is 1.07. The Labute approximate surface area is 77.0 Å². The number of hydrogen-bond acceptors (Lipinski definition) is 2. The fraction of sp³-hybridized carbons (Fsp3) is 0.444. The molecule has 0 radical (unpaired) electrons. The minimum absolute atomic E-state index is 0.420. The van der Waals surface area contributed by atoms with Gasteiger partial charge in [-0.3, -0.25) is 4.98 Å². The third-order valence-corrected chi connectivity index (χ3v) is 2.40. The quantitative estimate of drug-likeness (QED) is 0.720. The summed E-state index contributed by atoms with van der Waals surface area (Å²) in [5.74, 6) is 0. The van der Waals surface area contributed by atoms with Crippen molar-refractivity contribution in [1.82, 2.24) is 10.3 Å². The second-order valence-electron chi connectivity index (χ2n) is 3.05. The molecule has 3 heteroatoms. The van der Waals surface area contributed by atoms with Crippen LogP contribution in [0.1, 0.15) is 24.6 Å². The van der Waals surface area contributed by atoms with Crippen molar-refractivity contribution in [3.8, 4) is 0 Å². The van der Waals surface area contributed by atoms with Gasteiger partial charge in [0.1, 0.15) is 0 Å². The van der Waals surface area contributed by atoms with Crippen molar-refractivity contribution in [3.05, 3.63) is 29.0 Å². The van der Waals surface area contributed by atoms with Crippen LogP contribution in [0.15, 0.2) is 18.3 Å². The molecule has 0 aromatic carbocycles. The molecule has 1 aliphatic heterocycles. The zero-order valence-corrected chi connectivity index (χ0v) is 7.51. The van der Waals surface area contributed by atoms with Crippen LogP contribution in [-0.2, 0) is 0 Å². The molecule has 0 spiro atoms. The summed E-state index contributed by atoms with van der Waals surface area (Å²) in [4.78, 5) is 4.27. The predicted molar refractivity (Wildman–Crippen MR) is 49.2 cm³/mol. The van der Waals surface area contributed by atoms with E-state index in [4.69, 9.17) is 11.6 Å². The molecule has 0 amide bonds. The van der Waals surface area contributed by atoms with Crippen molar-refractivity contribution in [2.75, 3.05) is 6.54 Å². The number of aromatic nitrogens is 1. The molecule has 1 atom stereocenters. The lowest BCUT2D eigenvalue weighted by molar-refractivity contribution is 0.628. The summed E-state index contributed by atoms with van der Waals surface area (Å²) in [5, 5.41) is 4.15. The van der Waals surface area contributed by atoms with Crippen molar-refractivity contribution in [1.29, 1.82) is 0 Å². The average molecular weight is 183 g/mol. The lowest BCUT2D eigenvalue weighted by atomic mass is 10.1.